The highest BCUT2D eigenvalue weighted by Crippen LogP contribution is 2.10. The lowest BCUT2D eigenvalue weighted by Gasteiger charge is -2.20. The van der Waals surface area contributed by atoms with Gasteiger partial charge in [-0.3, -0.25) is 9.78 Å². The van der Waals surface area contributed by atoms with E-state index in [1.807, 2.05) is 19.1 Å². The van der Waals surface area contributed by atoms with E-state index in [9.17, 15) is 4.79 Å². The number of carbonyl (C=O) groups is 1. The molecule has 76 valence electrons. The van der Waals surface area contributed by atoms with Gasteiger partial charge >= 0.3 is 0 Å². The molecule has 1 aromatic heterocycles. The summed E-state index contributed by atoms with van der Waals surface area (Å²) in [4.78, 5) is 17.3. The molecule has 0 saturated heterocycles. The van der Waals surface area contributed by atoms with Crippen LogP contribution in [0.1, 0.15) is 6.92 Å². The lowest BCUT2D eigenvalue weighted by molar-refractivity contribution is -0.119. The van der Waals surface area contributed by atoms with Crippen LogP contribution < -0.4 is 10.2 Å². The number of likely N-dealkylation sites (N-methyl/N-ethyl adjacent to an activating group) is 2. The molecule has 0 fully saturated rings. The van der Waals surface area contributed by atoms with E-state index in [0.717, 1.165) is 5.69 Å². The van der Waals surface area contributed by atoms with Crippen LogP contribution in [0.25, 0.3) is 0 Å². The first-order chi connectivity index (χ1) is 6.66. The van der Waals surface area contributed by atoms with Crippen LogP contribution in [0.2, 0.25) is 0 Å². The average Bonchev–Trinajstić information content (AvgIpc) is 2.27. The van der Waals surface area contributed by atoms with Crippen LogP contribution in [0.5, 0.6) is 0 Å². The van der Waals surface area contributed by atoms with Crippen LogP contribution >= 0.6 is 0 Å². The molecule has 4 heteroatoms. The van der Waals surface area contributed by atoms with Crippen molar-refractivity contribution in [1.82, 2.24) is 10.3 Å². The molecule has 1 unspecified atom stereocenters. The lowest BCUT2D eigenvalue weighted by atomic mass is 10.3. The summed E-state index contributed by atoms with van der Waals surface area (Å²) < 4.78 is 0. The van der Waals surface area contributed by atoms with Gasteiger partial charge in [0.1, 0.15) is 0 Å². The number of nitrogens with one attached hydrogen (secondary N) is 1. The quantitative estimate of drug-likeness (QED) is 0.766. The summed E-state index contributed by atoms with van der Waals surface area (Å²) in [6.07, 6.45) is 3.35. The second-order valence-electron chi connectivity index (χ2n) is 3.12. The maximum Gasteiger partial charge on any atom is 0.243 e. The minimum absolute atomic E-state index is 0.0282. The van der Waals surface area contributed by atoms with Crippen LogP contribution in [0.15, 0.2) is 24.5 Å². The molecule has 0 aliphatic carbocycles. The van der Waals surface area contributed by atoms with Gasteiger partial charge in [0.25, 0.3) is 0 Å². The van der Waals surface area contributed by atoms with E-state index in [2.05, 4.69) is 10.3 Å². The number of hydrogen-bond acceptors (Lipinski definition) is 3. The van der Waals surface area contributed by atoms with E-state index in [-0.39, 0.29) is 11.9 Å². The molecule has 1 rings (SSSR count). The highest BCUT2D eigenvalue weighted by Gasteiger charge is 2.16. The molecule has 1 atom stereocenters. The van der Waals surface area contributed by atoms with Crippen LogP contribution in [0.3, 0.4) is 0 Å². The molecular weight excluding hydrogens is 178 g/mol. The summed E-state index contributed by atoms with van der Waals surface area (Å²) in [6, 6.07) is 3.48. The Morgan fingerprint density at radius 3 is 2.86 bits per heavy atom. The zero-order valence-electron chi connectivity index (χ0n) is 8.69. The predicted molar refractivity (Wildman–Crippen MR) is 56.2 cm³/mol. The number of hydrogen-bond donors (Lipinski definition) is 1. The summed E-state index contributed by atoms with van der Waals surface area (Å²) in [5.41, 5.74) is 0.805. The first kappa shape index (κ1) is 10.7. The molecule has 0 saturated carbocycles. The maximum absolute atomic E-state index is 11.7. The average molecular weight is 193 g/mol. The van der Waals surface area contributed by atoms with Gasteiger partial charge in [-0.1, -0.05) is 0 Å². The van der Waals surface area contributed by atoms with Gasteiger partial charge in [-0.15, -0.1) is 0 Å². The molecule has 1 N–H and O–H groups in total. The Morgan fingerprint density at radius 2 is 2.36 bits per heavy atom. The van der Waals surface area contributed by atoms with Crippen molar-refractivity contribution >= 4 is 11.6 Å². The van der Waals surface area contributed by atoms with Crippen molar-refractivity contribution < 1.29 is 4.79 Å². The summed E-state index contributed by atoms with van der Waals surface area (Å²) in [5.74, 6) is 0.0282. The van der Waals surface area contributed by atoms with Crippen LogP contribution in [-0.2, 0) is 4.79 Å². The Balaban J connectivity index is 2.76. The monoisotopic (exact) mass is 193 g/mol. The molecule has 1 amide bonds. The van der Waals surface area contributed by atoms with Gasteiger partial charge in [0.2, 0.25) is 5.91 Å². The minimum atomic E-state index is -0.180. The van der Waals surface area contributed by atoms with E-state index >= 15 is 0 Å². The van der Waals surface area contributed by atoms with Crippen LogP contribution in [-0.4, -0.2) is 31.0 Å². The third-order valence-corrected chi connectivity index (χ3v) is 2.17. The Bertz CT molecular complexity index is 299. The van der Waals surface area contributed by atoms with Crippen molar-refractivity contribution in [3.8, 4) is 0 Å². The normalized spacial score (nSPS) is 12.2. The lowest BCUT2D eigenvalue weighted by Crippen LogP contribution is -2.41. The van der Waals surface area contributed by atoms with Crippen molar-refractivity contribution in [2.24, 2.45) is 0 Å². The maximum atomic E-state index is 11.7. The van der Waals surface area contributed by atoms with Crippen LogP contribution in [0, 0.1) is 0 Å². The number of carbonyl (C=O) groups excluding carboxylic acids is 1. The van der Waals surface area contributed by atoms with Crippen LogP contribution in [0.4, 0.5) is 5.69 Å². The molecule has 14 heavy (non-hydrogen) atoms. The minimum Gasteiger partial charge on any atom is -0.313 e. The standard InChI is InChI=1S/C10H15N3O/c1-8(11-2)10(14)13(3)9-5-4-6-12-7-9/h4-8,11H,1-3H3. The van der Waals surface area contributed by atoms with Gasteiger partial charge in [-0.05, 0) is 26.1 Å². The molecule has 0 aromatic carbocycles. The highest BCUT2D eigenvalue weighted by atomic mass is 16.2. The third-order valence-electron chi connectivity index (χ3n) is 2.17. The molecule has 0 bridgehead atoms. The molecule has 0 aliphatic rings. The van der Waals surface area contributed by atoms with E-state index in [0.29, 0.717) is 0 Å². The Hall–Kier alpha value is -1.42. The van der Waals surface area contributed by atoms with Gasteiger partial charge in [0.05, 0.1) is 17.9 Å². The molecule has 0 spiro atoms. The Morgan fingerprint density at radius 1 is 1.64 bits per heavy atom. The molecular formula is C10H15N3O. The number of pyridine rings is 1. The fourth-order valence-electron chi connectivity index (χ4n) is 1.09. The zero-order chi connectivity index (χ0) is 10.6. The van der Waals surface area contributed by atoms with E-state index in [1.54, 1.807) is 31.4 Å². The third kappa shape index (κ3) is 2.29. The highest BCUT2D eigenvalue weighted by molar-refractivity contribution is 5.96. The number of nitrogens with zero attached hydrogens (tertiary/aromatic N) is 2. The molecule has 4 nitrogen and oxygen atoms in total. The Kier molecular flexibility index (Phi) is 3.59. The fraction of sp³-hybridized carbons (Fsp3) is 0.400. The van der Waals surface area contributed by atoms with E-state index < -0.39 is 0 Å². The van der Waals surface area contributed by atoms with Gasteiger partial charge in [0.15, 0.2) is 0 Å². The van der Waals surface area contributed by atoms with E-state index in [1.165, 1.54) is 0 Å². The number of rotatable bonds is 3. The first-order valence-electron chi connectivity index (χ1n) is 4.51. The van der Waals surface area contributed by atoms with Gasteiger partial charge in [-0.2, -0.15) is 0 Å². The number of amides is 1. The van der Waals surface area contributed by atoms with Gasteiger partial charge < -0.3 is 10.2 Å². The molecule has 1 heterocycles. The summed E-state index contributed by atoms with van der Waals surface area (Å²) >= 11 is 0. The van der Waals surface area contributed by atoms with E-state index in [4.69, 9.17) is 0 Å². The van der Waals surface area contributed by atoms with Crippen molar-refractivity contribution in [2.75, 3.05) is 19.0 Å². The fourth-order valence-corrected chi connectivity index (χ4v) is 1.09. The summed E-state index contributed by atoms with van der Waals surface area (Å²) in [5, 5.41) is 2.90. The largest absolute Gasteiger partial charge is 0.313 e. The summed E-state index contributed by atoms with van der Waals surface area (Å²) in [7, 11) is 3.51. The number of anilines is 1. The van der Waals surface area contributed by atoms with Crippen molar-refractivity contribution in [2.45, 2.75) is 13.0 Å². The van der Waals surface area contributed by atoms with Crippen molar-refractivity contribution in [3.63, 3.8) is 0 Å². The molecule has 0 radical (unpaired) electrons. The first-order valence-corrected chi connectivity index (χ1v) is 4.51. The van der Waals surface area contributed by atoms with Gasteiger partial charge in [0, 0.05) is 13.2 Å². The Labute approximate surface area is 83.9 Å². The molecule has 0 aliphatic heterocycles. The predicted octanol–water partition coefficient (Wildman–Crippen LogP) is 0.652. The second-order valence-corrected chi connectivity index (χ2v) is 3.12. The second kappa shape index (κ2) is 4.72. The molecule has 1 aromatic rings. The topological polar surface area (TPSA) is 45.2 Å². The van der Waals surface area contributed by atoms with Crippen molar-refractivity contribution in [3.05, 3.63) is 24.5 Å². The smallest absolute Gasteiger partial charge is 0.243 e. The van der Waals surface area contributed by atoms with Gasteiger partial charge in [-0.25, -0.2) is 0 Å². The SMILES string of the molecule is CNC(C)C(=O)N(C)c1cccnc1. The van der Waals surface area contributed by atoms with Crippen molar-refractivity contribution in [1.29, 1.82) is 0 Å². The number of aromatic nitrogens is 1. The zero-order valence-corrected chi connectivity index (χ0v) is 8.69. The summed E-state index contributed by atoms with van der Waals surface area (Å²) in [6.45, 7) is 1.83.